The molecule has 3 rings (SSSR count). The highest BCUT2D eigenvalue weighted by molar-refractivity contribution is 9.10. The molecule has 6 nitrogen and oxygen atoms in total. The van der Waals surface area contributed by atoms with E-state index in [0.29, 0.717) is 29.9 Å². The van der Waals surface area contributed by atoms with Crippen LogP contribution in [0, 0.1) is 5.92 Å². The number of imide groups is 1. The third kappa shape index (κ3) is 4.36. The first-order chi connectivity index (χ1) is 12.8. The molecule has 27 heavy (non-hydrogen) atoms. The zero-order chi connectivity index (χ0) is 19.6. The number of carbonyl (C=O) groups excluding carboxylic acids is 3. The monoisotopic (exact) mass is 429 g/mol. The van der Waals surface area contributed by atoms with Gasteiger partial charge in [-0.05, 0) is 41.8 Å². The van der Waals surface area contributed by atoms with Crippen LogP contribution in [0.25, 0.3) is 0 Å². The lowest BCUT2D eigenvalue weighted by Crippen LogP contribution is -2.33. The second-order valence-electron chi connectivity index (χ2n) is 6.81. The first-order valence-corrected chi connectivity index (χ1v) is 9.44. The van der Waals surface area contributed by atoms with Crippen LogP contribution < -0.4 is 10.6 Å². The highest BCUT2D eigenvalue weighted by Crippen LogP contribution is 2.26. The fraction of sp³-hybridized carbons (Fsp3) is 0.250. The van der Waals surface area contributed by atoms with Gasteiger partial charge < -0.3 is 10.6 Å². The molecule has 0 fully saturated rings. The summed E-state index contributed by atoms with van der Waals surface area (Å²) in [6.07, 6.45) is 0. The minimum Gasteiger partial charge on any atom is -0.334 e. The fourth-order valence-electron chi connectivity index (χ4n) is 2.86. The summed E-state index contributed by atoms with van der Waals surface area (Å²) in [6.45, 7) is 4.66. The summed E-state index contributed by atoms with van der Waals surface area (Å²) in [6, 6.07) is 12.0. The Labute approximate surface area is 166 Å². The maximum absolute atomic E-state index is 12.5. The average Bonchev–Trinajstić information content (AvgIpc) is 2.85. The van der Waals surface area contributed by atoms with E-state index in [0.717, 1.165) is 10.0 Å². The van der Waals surface area contributed by atoms with Crippen LogP contribution in [-0.4, -0.2) is 29.3 Å². The van der Waals surface area contributed by atoms with Crippen LogP contribution in [0.15, 0.2) is 46.9 Å². The van der Waals surface area contributed by atoms with E-state index in [9.17, 15) is 14.4 Å². The van der Waals surface area contributed by atoms with Crippen molar-refractivity contribution < 1.29 is 14.4 Å². The highest BCUT2D eigenvalue weighted by atomic mass is 79.9. The molecule has 2 aromatic carbocycles. The van der Waals surface area contributed by atoms with Crippen molar-refractivity contribution in [2.75, 3.05) is 11.9 Å². The number of fused-ring (bicyclic) bond motifs is 1. The van der Waals surface area contributed by atoms with Gasteiger partial charge in [0.05, 0.1) is 11.1 Å². The van der Waals surface area contributed by atoms with Gasteiger partial charge >= 0.3 is 6.03 Å². The molecular weight excluding hydrogens is 410 g/mol. The number of carbonyl (C=O) groups is 3. The normalized spacial score (nSPS) is 13.1. The van der Waals surface area contributed by atoms with Crippen molar-refractivity contribution in [1.29, 1.82) is 0 Å². The van der Waals surface area contributed by atoms with Crippen LogP contribution >= 0.6 is 15.9 Å². The van der Waals surface area contributed by atoms with Crippen molar-refractivity contribution in [1.82, 2.24) is 10.2 Å². The Morgan fingerprint density at radius 1 is 1.04 bits per heavy atom. The van der Waals surface area contributed by atoms with E-state index in [1.54, 1.807) is 18.2 Å². The average molecular weight is 430 g/mol. The summed E-state index contributed by atoms with van der Waals surface area (Å²) < 4.78 is 0.972. The first-order valence-electron chi connectivity index (χ1n) is 8.64. The molecule has 0 spiro atoms. The summed E-state index contributed by atoms with van der Waals surface area (Å²) in [5.74, 6) is -0.410. The van der Waals surface area contributed by atoms with Crippen LogP contribution in [0.3, 0.4) is 0 Å². The fourth-order valence-corrected chi connectivity index (χ4v) is 3.12. The lowest BCUT2D eigenvalue weighted by Gasteiger charge is -2.15. The summed E-state index contributed by atoms with van der Waals surface area (Å²) in [4.78, 5) is 38.2. The molecular formula is C20H20BrN3O3. The van der Waals surface area contributed by atoms with Crippen molar-refractivity contribution >= 4 is 39.5 Å². The Morgan fingerprint density at radius 3 is 2.37 bits per heavy atom. The predicted molar refractivity (Wildman–Crippen MR) is 107 cm³/mol. The van der Waals surface area contributed by atoms with Gasteiger partial charge in [0.15, 0.2) is 0 Å². The van der Waals surface area contributed by atoms with E-state index in [-0.39, 0.29) is 23.8 Å². The van der Waals surface area contributed by atoms with Gasteiger partial charge in [0.25, 0.3) is 11.8 Å². The number of urea groups is 1. The summed E-state index contributed by atoms with van der Waals surface area (Å²) >= 11 is 3.37. The number of nitrogens with one attached hydrogen (secondary N) is 2. The molecule has 0 atom stereocenters. The topological polar surface area (TPSA) is 78.5 Å². The number of benzene rings is 2. The molecule has 7 heteroatoms. The van der Waals surface area contributed by atoms with Crippen molar-refractivity contribution in [3.05, 3.63) is 63.6 Å². The molecule has 0 saturated heterocycles. The van der Waals surface area contributed by atoms with Gasteiger partial charge in [0, 0.05) is 23.2 Å². The summed E-state index contributed by atoms with van der Waals surface area (Å²) in [5, 5.41) is 5.46. The lowest BCUT2D eigenvalue weighted by molar-refractivity contribution is 0.0636. The Balaban J connectivity index is 1.65. The van der Waals surface area contributed by atoms with Gasteiger partial charge in [-0.15, -0.1) is 0 Å². The molecule has 1 aliphatic rings. The molecule has 0 aromatic heterocycles. The largest absolute Gasteiger partial charge is 0.334 e. The van der Waals surface area contributed by atoms with Gasteiger partial charge in [-0.25, -0.2) is 4.79 Å². The Bertz CT molecular complexity index is 894. The predicted octanol–water partition coefficient (Wildman–Crippen LogP) is 4.02. The molecule has 0 radical (unpaired) electrons. The molecule has 0 aliphatic carbocycles. The third-order valence-electron chi connectivity index (χ3n) is 4.14. The molecule has 0 unspecified atom stereocenters. The van der Waals surface area contributed by atoms with Gasteiger partial charge in [-0.3, -0.25) is 14.5 Å². The third-order valence-corrected chi connectivity index (χ3v) is 4.67. The smallest absolute Gasteiger partial charge is 0.319 e. The quantitative estimate of drug-likeness (QED) is 0.704. The molecule has 0 bridgehead atoms. The first kappa shape index (κ1) is 19.1. The molecule has 1 heterocycles. The highest BCUT2D eigenvalue weighted by Gasteiger charge is 2.35. The second-order valence-corrected chi connectivity index (χ2v) is 7.72. The second kappa shape index (κ2) is 7.92. The summed E-state index contributed by atoms with van der Waals surface area (Å²) in [5.41, 5.74) is 2.13. The van der Waals surface area contributed by atoms with Crippen molar-refractivity contribution in [2.24, 2.45) is 5.92 Å². The van der Waals surface area contributed by atoms with Gasteiger partial charge in [-0.2, -0.15) is 0 Å². The van der Waals surface area contributed by atoms with Gasteiger partial charge in [-0.1, -0.05) is 41.9 Å². The zero-order valence-corrected chi connectivity index (χ0v) is 16.7. The van der Waals surface area contributed by atoms with E-state index < -0.39 is 0 Å². The van der Waals surface area contributed by atoms with Crippen LogP contribution in [0.2, 0.25) is 0 Å². The Kier molecular flexibility index (Phi) is 5.60. The van der Waals surface area contributed by atoms with Crippen LogP contribution in [0.5, 0.6) is 0 Å². The van der Waals surface area contributed by atoms with Crippen molar-refractivity contribution in [2.45, 2.75) is 20.4 Å². The van der Waals surface area contributed by atoms with Crippen molar-refractivity contribution in [3.63, 3.8) is 0 Å². The number of rotatable bonds is 5. The Morgan fingerprint density at radius 2 is 1.70 bits per heavy atom. The number of amides is 4. The molecule has 4 amide bonds. The molecule has 2 aromatic rings. The van der Waals surface area contributed by atoms with Gasteiger partial charge in [0.2, 0.25) is 0 Å². The number of anilines is 1. The minimum atomic E-state index is -0.381. The van der Waals surface area contributed by atoms with E-state index in [1.807, 2.05) is 38.1 Å². The van der Waals surface area contributed by atoms with Crippen LogP contribution in [0.4, 0.5) is 10.5 Å². The number of halogens is 1. The van der Waals surface area contributed by atoms with E-state index in [4.69, 9.17) is 0 Å². The van der Waals surface area contributed by atoms with E-state index in [2.05, 4.69) is 26.6 Å². The molecule has 140 valence electrons. The van der Waals surface area contributed by atoms with Gasteiger partial charge in [0.1, 0.15) is 0 Å². The molecule has 0 saturated carbocycles. The number of hydrogen-bond donors (Lipinski definition) is 2. The lowest BCUT2D eigenvalue weighted by atomic mass is 10.1. The van der Waals surface area contributed by atoms with E-state index in [1.165, 1.54) is 4.90 Å². The Hall–Kier alpha value is -2.67. The SMILES string of the molecule is CC(C)CN1C(=O)c2ccc(NC(=O)NCc3ccc(Br)cc3)cc2C1=O. The zero-order valence-electron chi connectivity index (χ0n) is 15.1. The molecule has 1 aliphatic heterocycles. The van der Waals surface area contributed by atoms with E-state index >= 15 is 0 Å². The van der Waals surface area contributed by atoms with Crippen LogP contribution in [-0.2, 0) is 6.54 Å². The maximum Gasteiger partial charge on any atom is 0.319 e. The standard InChI is InChI=1S/C20H20BrN3O3/c1-12(2)11-24-18(25)16-8-7-15(9-17(16)19(24)26)23-20(27)22-10-13-3-5-14(21)6-4-13/h3-9,12H,10-11H2,1-2H3,(H2,22,23,27). The minimum absolute atomic E-state index is 0.189. The summed E-state index contributed by atoms with van der Waals surface area (Å²) in [7, 11) is 0. The van der Waals surface area contributed by atoms with Crippen LogP contribution in [0.1, 0.15) is 40.1 Å². The number of hydrogen-bond acceptors (Lipinski definition) is 3. The molecule has 2 N–H and O–H groups in total. The maximum atomic E-state index is 12.5. The van der Waals surface area contributed by atoms with Crippen molar-refractivity contribution in [3.8, 4) is 0 Å². The number of nitrogens with zero attached hydrogens (tertiary/aromatic N) is 1.